The molecule has 1 amide bonds. The number of hydrogen-bond acceptors (Lipinski definition) is 6. The van der Waals surface area contributed by atoms with Crippen LogP contribution in [-0.4, -0.2) is 42.6 Å². The summed E-state index contributed by atoms with van der Waals surface area (Å²) in [6.07, 6.45) is 5.35. The van der Waals surface area contributed by atoms with Crippen LogP contribution < -0.4 is 20.3 Å². The van der Waals surface area contributed by atoms with Crippen LogP contribution in [0.2, 0.25) is 0 Å². The molecule has 1 fully saturated rings. The molecule has 1 aliphatic heterocycles. The predicted octanol–water partition coefficient (Wildman–Crippen LogP) is 3.23. The third-order valence-corrected chi connectivity index (χ3v) is 5.28. The largest absolute Gasteiger partial charge is 0.497 e. The van der Waals surface area contributed by atoms with Gasteiger partial charge in [-0.1, -0.05) is 12.1 Å². The van der Waals surface area contributed by atoms with E-state index < -0.39 is 0 Å². The highest BCUT2D eigenvalue weighted by molar-refractivity contribution is 5.75. The first-order valence-electron chi connectivity index (χ1n) is 10.4. The Morgan fingerprint density at radius 2 is 2.10 bits per heavy atom. The van der Waals surface area contributed by atoms with Crippen molar-refractivity contribution in [2.24, 2.45) is 5.92 Å². The van der Waals surface area contributed by atoms with Crippen molar-refractivity contribution in [1.29, 1.82) is 0 Å². The van der Waals surface area contributed by atoms with Crippen molar-refractivity contribution in [2.75, 3.05) is 37.0 Å². The van der Waals surface area contributed by atoms with Gasteiger partial charge in [0.1, 0.15) is 23.7 Å². The quantitative estimate of drug-likeness (QED) is 0.676. The normalized spacial score (nSPS) is 16.3. The Morgan fingerprint density at radius 3 is 2.86 bits per heavy atom. The first-order valence-corrected chi connectivity index (χ1v) is 10.4. The molecular weight excluding hydrogens is 366 g/mol. The molecule has 0 saturated carbocycles. The van der Waals surface area contributed by atoms with Crippen LogP contribution in [0.1, 0.15) is 38.2 Å². The van der Waals surface area contributed by atoms with Gasteiger partial charge < -0.3 is 20.3 Å². The van der Waals surface area contributed by atoms with E-state index in [0.29, 0.717) is 18.9 Å². The second-order valence-corrected chi connectivity index (χ2v) is 7.41. The van der Waals surface area contributed by atoms with Crippen LogP contribution >= 0.6 is 0 Å². The van der Waals surface area contributed by atoms with Gasteiger partial charge in [0.05, 0.1) is 7.11 Å². The summed E-state index contributed by atoms with van der Waals surface area (Å²) in [5.41, 5.74) is 1.07. The molecule has 1 aromatic carbocycles. The van der Waals surface area contributed by atoms with Gasteiger partial charge in [-0.05, 0) is 49.8 Å². The van der Waals surface area contributed by atoms with Crippen molar-refractivity contribution in [3.8, 4) is 5.75 Å². The number of carbonyl (C=O) groups is 1. The molecule has 1 aliphatic rings. The summed E-state index contributed by atoms with van der Waals surface area (Å²) in [7, 11) is 1.65. The van der Waals surface area contributed by atoms with Crippen LogP contribution in [0.15, 0.2) is 36.7 Å². The number of piperidine rings is 1. The minimum absolute atomic E-state index is 0.106. The number of anilines is 2. The van der Waals surface area contributed by atoms with Gasteiger partial charge in [-0.3, -0.25) is 4.79 Å². The molecule has 0 radical (unpaired) electrons. The average Bonchev–Trinajstić information content (AvgIpc) is 2.77. The van der Waals surface area contributed by atoms with Crippen molar-refractivity contribution < 1.29 is 9.53 Å². The highest BCUT2D eigenvalue weighted by Gasteiger charge is 2.22. The van der Waals surface area contributed by atoms with E-state index in [0.717, 1.165) is 61.8 Å². The summed E-state index contributed by atoms with van der Waals surface area (Å²) < 4.78 is 5.16. The van der Waals surface area contributed by atoms with E-state index in [1.807, 2.05) is 30.3 Å². The monoisotopic (exact) mass is 397 g/mol. The smallest absolute Gasteiger partial charge is 0.220 e. The highest BCUT2D eigenvalue weighted by atomic mass is 16.5. The van der Waals surface area contributed by atoms with E-state index in [-0.39, 0.29) is 5.91 Å². The van der Waals surface area contributed by atoms with Gasteiger partial charge >= 0.3 is 0 Å². The van der Waals surface area contributed by atoms with Crippen LogP contribution in [0.4, 0.5) is 11.6 Å². The molecule has 0 bridgehead atoms. The first-order chi connectivity index (χ1) is 14.2. The van der Waals surface area contributed by atoms with Crippen molar-refractivity contribution in [2.45, 2.75) is 39.2 Å². The molecule has 0 spiro atoms. The molecule has 7 nitrogen and oxygen atoms in total. The number of benzene rings is 1. The lowest BCUT2D eigenvalue weighted by atomic mass is 9.93. The van der Waals surface area contributed by atoms with Crippen molar-refractivity contribution >= 4 is 17.5 Å². The molecule has 156 valence electrons. The number of hydrogen-bond donors (Lipinski definition) is 2. The number of aromatic nitrogens is 2. The molecular formula is C22H31N5O2. The molecule has 1 aromatic heterocycles. The Labute approximate surface area is 172 Å². The van der Waals surface area contributed by atoms with Crippen LogP contribution in [0, 0.1) is 5.92 Å². The van der Waals surface area contributed by atoms with Crippen LogP contribution in [0.25, 0.3) is 0 Å². The molecule has 1 atom stereocenters. The number of nitrogens with zero attached hydrogens (tertiary/aromatic N) is 3. The minimum Gasteiger partial charge on any atom is -0.497 e. The predicted molar refractivity (Wildman–Crippen MR) is 115 cm³/mol. The number of nitrogens with one attached hydrogen (secondary N) is 2. The standard InChI is InChI=1S/C22H31N5O2/c1-3-23-20-13-21(26-16-25-20)27-12-4-5-18(15-27)8-11-22(28)24-14-17-6-9-19(29-2)10-7-17/h6-7,9-10,13,16,18H,3-5,8,11-12,14-15H2,1-2H3,(H,24,28)(H,23,25,26)/t18-/m1/s1. The van der Waals surface area contributed by atoms with E-state index >= 15 is 0 Å². The minimum atomic E-state index is 0.106. The van der Waals surface area contributed by atoms with E-state index in [9.17, 15) is 4.79 Å². The van der Waals surface area contributed by atoms with Gasteiger partial charge in [-0.15, -0.1) is 0 Å². The average molecular weight is 398 g/mol. The Bertz CT molecular complexity index is 781. The van der Waals surface area contributed by atoms with Gasteiger partial charge in [0.2, 0.25) is 5.91 Å². The molecule has 29 heavy (non-hydrogen) atoms. The molecule has 1 saturated heterocycles. The number of ether oxygens (including phenoxy) is 1. The number of methoxy groups -OCH3 is 1. The third-order valence-electron chi connectivity index (χ3n) is 5.28. The molecule has 2 N–H and O–H groups in total. The van der Waals surface area contributed by atoms with E-state index in [4.69, 9.17) is 4.74 Å². The Hall–Kier alpha value is -2.83. The lowest BCUT2D eigenvalue weighted by Crippen LogP contribution is -2.36. The van der Waals surface area contributed by atoms with Crippen LogP contribution in [-0.2, 0) is 11.3 Å². The maximum atomic E-state index is 12.3. The second kappa shape index (κ2) is 10.6. The third kappa shape index (κ3) is 6.34. The SMILES string of the molecule is CCNc1cc(N2CCC[C@H](CCC(=O)NCc3ccc(OC)cc3)C2)ncn1. The fourth-order valence-corrected chi connectivity index (χ4v) is 3.67. The van der Waals surface area contributed by atoms with Gasteiger partial charge in [0.15, 0.2) is 0 Å². The van der Waals surface area contributed by atoms with Crippen molar-refractivity contribution in [3.63, 3.8) is 0 Å². The molecule has 7 heteroatoms. The summed E-state index contributed by atoms with van der Waals surface area (Å²) in [6.45, 7) is 5.38. The fraction of sp³-hybridized carbons (Fsp3) is 0.500. The Morgan fingerprint density at radius 1 is 1.28 bits per heavy atom. The summed E-state index contributed by atoms with van der Waals surface area (Å²) in [5, 5.41) is 6.25. The molecule has 0 aliphatic carbocycles. The first kappa shape index (κ1) is 20.9. The van der Waals surface area contributed by atoms with Crippen LogP contribution in [0.5, 0.6) is 5.75 Å². The second-order valence-electron chi connectivity index (χ2n) is 7.41. The molecule has 2 heterocycles. The zero-order valence-corrected chi connectivity index (χ0v) is 17.4. The van der Waals surface area contributed by atoms with Crippen molar-refractivity contribution in [1.82, 2.24) is 15.3 Å². The Balaban J connectivity index is 1.44. The summed E-state index contributed by atoms with van der Waals surface area (Å²) in [6, 6.07) is 9.77. The number of carbonyl (C=O) groups excluding carboxylic acids is 1. The number of rotatable bonds is 9. The molecule has 3 rings (SSSR count). The maximum absolute atomic E-state index is 12.3. The topological polar surface area (TPSA) is 79.4 Å². The van der Waals surface area contributed by atoms with E-state index in [2.05, 4.69) is 32.4 Å². The summed E-state index contributed by atoms with van der Waals surface area (Å²) >= 11 is 0. The highest BCUT2D eigenvalue weighted by Crippen LogP contribution is 2.25. The fourth-order valence-electron chi connectivity index (χ4n) is 3.67. The summed E-state index contributed by atoms with van der Waals surface area (Å²) in [4.78, 5) is 23.3. The number of amides is 1. The van der Waals surface area contributed by atoms with Gasteiger partial charge in [0.25, 0.3) is 0 Å². The Kier molecular flexibility index (Phi) is 7.67. The maximum Gasteiger partial charge on any atom is 0.220 e. The lowest BCUT2D eigenvalue weighted by Gasteiger charge is -2.33. The molecule has 2 aromatic rings. The van der Waals surface area contributed by atoms with E-state index in [1.54, 1.807) is 13.4 Å². The van der Waals surface area contributed by atoms with Gasteiger partial charge in [-0.25, -0.2) is 9.97 Å². The molecule has 0 unspecified atom stereocenters. The summed E-state index contributed by atoms with van der Waals surface area (Å²) in [5.74, 6) is 3.26. The van der Waals surface area contributed by atoms with E-state index in [1.165, 1.54) is 0 Å². The lowest BCUT2D eigenvalue weighted by molar-refractivity contribution is -0.121. The zero-order valence-electron chi connectivity index (χ0n) is 17.4. The zero-order chi connectivity index (χ0) is 20.5. The van der Waals surface area contributed by atoms with Gasteiger partial charge in [-0.2, -0.15) is 0 Å². The van der Waals surface area contributed by atoms with Gasteiger partial charge in [0, 0.05) is 38.7 Å². The van der Waals surface area contributed by atoms with Crippen LogP contribution in [0.3, 0.4) is 0 Å². The van der Waals surface area contributed by atoms with Crippen molar-refractivity contribution in [3.05, 3.63) is 42.2 Å².